The highest BCUT2D eigenvalue weighted by atomic mass is 79.9. The van der Waals surface area contributed by atoms with Crippen molar-refractivity contribution in [2.75, 3.05) is 10.7 Å². The predicted molar refractivity (Wildman–Crippen MR) is 120 cm³/mol. The quantitative estimate of drug-likeness (QED) is 0.365. The monoisotopic (exact) mass is 433 g/mol. The molecule has 0 spiro atoms. The Labute approximate surface area is 167 Å². The molecule has 0 saturated heterocycles. The van der Waals surface area contributed by atoms with Gasteiger partial charge in [-0.1, -0.05) is 60.3 Å². The molecule has 2 rings (SSSR count). The summed E-state index contributed by atoms with van der Waals surface area (Å²) in [5.41, 5.74) is 3.53. The zero-order valence-corrected chi connectivity index (χ0v) is 18.5. The number of nitrogens with one attached hydrogen (secondary N) is 2. The number of anilines is 2. The zero-order valence-electron chi connectivity index (χ0n) is 16.1. The molecule has 0 fully saturated rings. The number of hydrogen-bond acceptors (Lipinski definition) is 6. The van der Waals surface area contributed by atoms with E-state index in [1.54, 1.807) is 17.5 Å². The molecule has 0 unspecified atom stereocenters. The van der Waals surface area contributed by atoms with Gasteiger partial charge < -0.3 is 10.7 Å². The maximum atomic E-state index is 5.34. The topological polar surface area (TPSA) is 75.9 Å². The standard InChI is InChI=1S/C11H14BrN5S.3C2H6.CH4/c1-6(2)16-11-15-5-9(18-11)7-3-8(12)10(17-13)14-4-7;3*1-2;/h3-6H,13H2,1-2H3,(H,14,17)(H,15,16);3*1-2H3;1H4. The maximum absolute atomic E-state index is 5.34. The van der Waals surface area contributed by atoms with Gasteiger partial charge in [-0.25, -0.2) is 15.8 Å². The predicted octanol–water partition coefficient (Wildman–Crippen LogP) is 6.79. The van der Waals surface area contributed by atoms with Crippen LogP contribution in [0.2, 0.25) is 0 Å². The maximum Gasteiger partial charge on any atom is 0.183 e. The first-order valence-electron chi connectivity index (χ1n) is 8.45. The number of halogens is 1. The van der Waals surface area contributed by atoms with E-state index in [-0.39, 0.29) is 7.43 Å². The number of nitrogens with two attached hydrogens (primary N) is 1. The van der Waals surface area contributed by atoms with Gasteiger partial charge in [0.1, 0.15) is 0 Å². The van der Waals surface area contributed by atoms with E-state index < -0.39 is 0 Å². The van der Waals surface area contributed by atoms with E-state index in [4.69, 9.17) is 5.84 Å². The zero-order chi connectivity index (χ0) is 19.1. The Bertz CT molecular complexity index is 544. The van der Waals surface area contributed by atoms with E-state index in [1.807, 2.05) is 53.8 Å². The van der Waals surface area contributed by atoms with Crippen molar-refractivity contribution >= 4 is 38.2 Å². The van der Waals surface area contributed by atoms with Crippen LogP contribution in [0.4, 0.5) is 10.9 Å². The van der Waals surface area contributed by atoms with Crippen LogP contribution in [0, 0.1) is 0 Å². The number of thiazole rings is 1. The molecule has 0 atom stereocenters. The van der Waals surface area contributed by atoms with E-state index in [0.29, 0.717) is 11.9 Å². The second kappa shape index (κ2) is 17.6. The van der Waals surface area contributed by atoms with Gasteiger partial charge in [0.2, 0.25) is 0 Å². The molecule has 5 nitrogen and oxygen atoms in total. The number of pyridine rings is 1. The van der Waals surface area contributed by atoms with E-state index >= 15 is 0 Å². The van der Waals surface area contributed by atoms with Crippen molar-refractivity contribution in [3.05, 3.63) is 22.9 Å². The van der Waals surface area contributed by atoms with Crippen molar-refractivity contribution < 1.29 is 0 Å². The van der Waals surface area contributed by atoms with E-state index in [2.05, 4.69) is 50.5 Å². The van der Waals surface area contributed by atoms with Crippen LogP contribution in [-0.2, 0) is 0 Å². The third kappa shape index (κ3) is 10.4. The fourth-order valence-corrected chi connectivity index (χ4v) is 2.81. The van der Waals surface area contributed by atoms with Gasteiger partial charge in [0, 0.05) is 24.0 Å². The summed E-state index contributed by atoms with van der Waals surface area (Å²) in [7, 11) is 0. The molecule has 0 amide bonds. The van der Waals surface area contributed by atoms with Gasteiger partial charge in [0.05, 0.1) is 9.35 Å². The number of hydrazine groups is 1. The Morgan fingerprint density at radius 1 is 1.04 bits per heavy atom. The third-order valence-corrected chi connectivity index (χ3v) is 3.76. The summed E-state index contributed by atoms with van der Waals surface area (Å²) in [6, 6.07) is 2.34. The van der Waals surface area contributed by atoms with Gasteiger partial charge in [-0.2, -0.15) is 0 Å². The molecule has 0 radical (unpaired) electrons. The van der Waals surface area contributed by atoms with Crippen LogP contribution in [0.15, 0.2) is 22.9 Å². The highest BCUT2D eigenvalue weighted by molar-refractivity contribution is 9.10. The largest absolute Gasteiger partial charge is 0.359 e. The summed E-state index contributed by atoms with van der Waals surface area (Å²) < 4.78 is 0.828. The van der Waals surface area contributed by atoms with Gasteiger partial charge in [-0.05, 0) is 35.8 Å². The molecular weight excluding hydrogens is 398 g/mol. The summed E-state index contributed by atoms with van der Waals surface area (Å²) >= 11 is 5.02. The minimum Gasteiger partial charge on any atom is -0.359 e. The smallest absolute Gasteiger partial charge is 0.183 e. The Balaban J connectivity index is -0.000000626. The molecule has 2 aromatic heterocycles. The number of aromatic nitrogens is 2. The average Bonchev–Trinajstić information content (AvgIpc) is 3.08. The summed E-state index contributed by atoms with van der Waals surface area (Å²) in [5, 5.41) is 4.19. The molecule has 2 aromatic rings. The fourth-order valence-electron chi connectivity index (χ4n) is 1.40. The van der Waals surface area contributed by atoms with Crippen LogP contribution in [-0.4, -0.2) is 16.0 Å². The number of rotatable bonds is 4. The molecule has 0 aromatic carbocycles. The molecular formula is C18H36BrN5S. The highest BCUT2D eigenvalue weighted by Gasteiger charge is 2.08. The molecule has 0 aliphatic heterocycles. The van der Waals surface area contributed by atoms with Crippen molar-refractivity contribution in [3.63, 3.8) is 0 Å². The minimum atomic E-state index is 0. The van der Waals surface area contributed by atoms with Crippen molar-refractivity contribution in [2.45, 2.75) is 68.9 Å². The van der Waals surface area contributed by atoms with Crippen molar-refractivity contribution in [1.82, 2.24) is 9.97 Å². The Hall–Kier alpha value is -1.18. The number of hydrogen-bond donors (Lipinski definition) is 3. The van der Waals surface area contributed by atoms with Crippen molar-refractivity contribution in [3.8, 4) is 10.4 Å². The lowest BCUT2D eigenvalue weighted by molar-refractivity contribution is 0.896. The van der Waals surface area contributed by atoms with Crippen LogP contribution in [0.3, 0.4) is 0 Å². The molecule has 25 heavy (non-hydrogen) atoms. The molecule has 0 aliphatic carbocycles. The Kier molecular flexibility index (Phi) is 20.2. The lowest BCUT2D eigenvalue weighted by Gasteiger charge is -2.05. The summed E-state index contributed by atoms with van der Waals surface area (Å²) in [5.74, 6) is 5.95. The van der Waals surface area contributed by atoms with Gasteiger partial charge in [0.15, 0.2) is 10.9 Å². The van der Waals surface area contributed by atoms with Crippen LogP contribution in [0.25, 0.3) is 10.4 Å². The summed E-state index contributed by atoms with van der Waals surface area (Å²) in [6.07, 6.45) is 3.61. The van der Waals surface area contributed by atoms with Gasteiger partial charge in [-0.3, -0.25) is 0 Å². The fraction of sp³-hybridized carbons (Fsp3) is 0.556. The third-order valence-electron chi connectivity index (χ3n) is 2.18. The number of nitrogen functional groups attached to an aromatic ring is 1. The molecule has 2 heterocycles. The Morgan fingerprint density at radius 3 is 2.04 bits per heavy atom. The minimum absolute atomic E-state index is 0. The highest BCUT2D eigenvalue weighted by Crippen LogP contribution is 2.32. The van der Waals surface area contributed by atoms with Gasteiger partial charge in [-0.15, -0.1) is 0 Å². The normalized spacial score (nSPS) is 8.44. The molecule has 0 aliphatic rings. The van der Waals surface area contributed by atoms with E-state index in [9.17, 15) is 0 Å². The van der Waals surface area contributed by atoms with Crippen molar-refractivity contribution in [1.29, 1.82) is 0 Å². The first-order chi connectivity index (χ1) is 11.6. The molecule has 146 valence electrons. The van der Waals surface area contributed by atoms with E-state index in [1.165, 1.54) is 0 Å². The lowest BCUT2D eigenvalue weighted by Crippen LogP contribution is -2.08. The average molecular weight is 434 g/mol. The van der Waals surface area contributed by atoms with E-state index in [0.717, 1.165) is 20.0 Å². The van der Waals surface area contributed by atoms with Crippen molar-refractivity contribution in [2.24, 2.45) is 5.84 Å². The molecule has 7 heteroatoms. The first-order valence-corrected chi connectivity index (χ1v) is 10.1. The first kappa shape index (κ1) is 28.6. The van der Waals surface area contributed by atoms with Gasteiger partial charge in [0.25, 0.3) is 0 Å². The second-order valence-electron chi connectivity index (χ2n) is 4.03. The number of nitrogens with zero attached hydrogens (tertiary/aromatic N) is 2. The van der Waals surface area contributed by atoms with Crippen LogP contribution in [0.1, 0.15) is 62.8 Å². The summed E-state index contributed by atoms with van der Waals surface area (Å²) in [4.78, 5) is 9.61. The molecule has 0 saturated carbocycles. The van der Waals surface area contributed by atoms with Gasteiger partial charge >= 0.3 is 0 Å². The molecule has 0 bridgehead atoms. The summed E-state index contributed by atoms with van der Waals surface area (Å²) in [6.45, 7) is 16.2. The van der Waals surface area contributed by atoms with Crippen LogP contribution >= 0.6 is 27.3 Å². The molecule has 4 N–H and O–H groups in total. The van der Waals surface area contributed by atoms with Crippen LogP contribution in [0.5, 0.6) is 0 Å². The van der Waals surface area contributed by atoms with Crippen LogP contribution < -0.4 is 16.6 Å². The second-order valence-corrected chi connectivity index (χ2v) is 5.91. The lowest BCUT2D eigenvalue weighted by atomic mass is 10.2. The Morgan fingerprint density at radius 2 is 1.60 bits per heavy atom. The SMILES string of the molecule is C.CC.CC.CC.CC(C)Nc1ncc(-c2cnc(NN)c(Br)c2)s1.